The molecular weight excluding hydrogens is 276 g/mol. The van der Waals surface area contributed by atoms with Gasteiger partial charge in [0, 0.05) is 4.88 Å². The molecule has 0 saturated carbocycles. The Balaban J connectivity index is 1.91. The number of hydrogen-bond donors (Lipinski definition) is 2. The summed E-state index contributed by atoms with van der Waals surface area (Å²) in [4.78, 5) is 1.15. The molecule has 1 unspecified atom stereocenters. The Morgan fingerprint density at radius 1 is 1.32 bits per heavy atom. The van der Waals surface area contributed by atoms with E-state index in [1.54, 1.807) is 11.3 Å². The molecule has 4 heteroatoms. The van der Waals surface area contributed by atoms with Crippen molar-refractivity contribution in [3.05, 3.63) is 56.7 Å². The molecule has 0 saturated heterocycles. The molecule has 0 radical (unpaired) electrons. The van der Waals surface area contributed by atoms with Gasteiger partial charge in [-0.25, -0.2) is 0 Å². The van der Waals surface area contributed by atoms with E-state index < -0.39 is 0 Å². The highest BCUT2D eigenvalue weighted by molar-refractivity contribution is 7.10. The van der Waals surface area contributed by atoms with Crippen LogP contribution in [0.3, 0.4) is 0 Å². The molecule has 19 heavy (non-hydrogen) atoms. The molecule has 0 fully saturated rings. The van der Waals surface area contributed by atoms with Crippen molar-refractivity contribution in [1.82, 2.24) is 5.43 Å². The van der Waals surface area contributed by atoms with Crippen molar-refractivity contribution in [1.29, 1.82) is 0 Å². The molecule has 1 aromatic carbocycles. The van der Waals surface area contributed by atoms with Crippen molar-refractivity contribution in [2.45, 2.75) is 32.2 Å². The van der Waals surface area contributed by atoms with Gasteiger partial charge in [-0.1, -0.05) is 41.9 Å². The number of hydrogen-bond acceptors (Lipinski definition) is 3. The number of halogens is 1. The Bertz CT molecular complexity index is 510. The van der Waals surface area contributed by atoms with E-state index >= 15 is 0 Å². The van der Waals surface area contributed by atoms with Crippen molar-refractivity contribution in [2.24, 2.45) is 5.84 Å². The number of hydrazine groups is 1. The average molecular weight is 295 g/mol. The summed E-state index contributed by atoms with van der Waals surface area (Å²) < 4.78 is 0. The second-order valence-corrected chi connectivity index (χ2v) is 5.98. The van der Waals surface area contributed by atoms with Crippen molar-refractivity contribution in [3.63, 3.8) is 0 Å². The van der Waals surface area contributed by atoms with Crippen LogP contribution in [0.1, 0.15) is 34.9 Å². The van der Waals surface area contributed by atoms with E-state index in [0.717, 1.165) is 34.7 Å². The lowest BCUT2D eigenvalue weighted by molar-refractivity contribution is 0.505. The van der Waals surface area contributed by atoms with Gasteiger partial charge in [0.1, 0.15) is 0 Å². The van der Waals surface area contributed by atoms with Gasteiger partial charge >= 0.3 is 0 Å². The summed E-state index contributed by atoms with van der Waals surface area (Å²) in [5, 5.41) is 2.94. The molecule has 0 amide bonds. The summed E-state index contributed by atoms with van der Waals surface area (Å²) in [6, 6.07) is 10.7. The predicted molar refractivity (Wildman–Crippen MR) is 83.5 cm³/mol. The van der Waals surface area contributed by atoms with E-state index in [0.29, 0.717) is 0 Å². The number of nitrogens with one attached hydrogen (secondary N) is 1. The van der Waals surface area contributed by atoms with Crippen LogP contribution in [0.4, 0.5) is 0 Å². The van der Waals surface area contributed by atoms with Gasteiger partial charge < -0.3 is 0 Å². The van der Waals surface area contributed by atoms with Gasteiger partial charge in [-0.05, 0) is 42.7 Å². The SMILES string of the molecule is Cc1csc(C(CCCc2ccccc2)NN)c1Cl. The Morgan fingerprint density at radius 2 is 2.05 bits per heavy atom. The van der Waals surface area contributed by atoms with Crippen LogP contribution in [0.15, 0.2) is 35.7 Å². The largest absolute Gasteiger partial charge is 0.271 e. The first-order chi connectivity index (χ1) is 9.22. The zero-order chi connectivity index (χ0) is 13.7. The lowest BCUT2D eigenvalue weighted by atomic mass is 10.0. The average Bonchev–Trinajstić information content (AvgIpc) is 2.77. The maximum absolute atomic E-state index is 6.29. The van der Waals surface area contributed by atoms with Crippen molar-refractivity contribution in [2.75, 3.05) is 0 Å². The standard InChI is InChI=1S/C15H19ClN2S/c1-11-10-19-15(14(11)16)13(18-17)9-5-8-12-6-3-2-4-7-12/h2-4,6-7,10,13,18H,5,8-9,17H2,1H3. The summed E-state index contributed by atoms with van der Waals surface area (Å²) in [7, 11) is 0. The van der Waals surface area contributed by atoms with E-state index in [1.807, 2.05) is 13.0 Å². The monoisotopic (exact) mass is 294 g/mol. The first-order valence-electron chi connectivity index (χ1n) is 6.46. The van der Waals surface area contributed by atoms with Crippen LogP contribution < -0.4 is 11.3 Å². The molecule has 2 rings (SSSR count). The zero-order valence-electron chi connectivity index (χ0n) is 11.0. The minimum absolute atomic E-state index is 0.148. The topological polar surface area (TPSA) is 38.0 Å². The van der Waals surface area contributed by atoms with Gasteiger partial charge in [0.15, 0.2) is 0 Å². The summed E-state index contributed by atoms with van der Waals surface area (Å²) in [6.07, 6.45) is 3.15. The summed E-state index contributed by atoms with van der Waals surface area (Å²) in [6.45, 7) is 2.03. The van der Waals surface area contributed by atoms with Crippen LogP contribution in [0.5, 0.6) is 0 Å². The lowest BCUT2D eigenvalue weighted by Gasteiger charge is -2.15. The highest BCUT2D eigenvalue weighted by Crippen LogP contribution is 2.34. The minimum Gasteiger partial charge on any atom is -0.271 e. The lowest BCUT2D eigenvalue weighted by Crippen LogP contribution is -2.27. The fourth-order valence-electron chi connectivity index (χ4n) is 2.13. The quantitative estimate of drug-likeness (QED) is 0.618. The Morgan fingerprint density at radius 3 is 2.63 bits per heavy atom. The Kier molecular flexibility index (Phi) is 5.40. The molecule has 0 aliphatic heterocycles. The molecule has 1 heterocycles. The number of aryl methyl sites for hydroxylation is 2. The maximum Gasteiger partial charge on any atom is 0.0590 e. The second-order valence-electron chi connectivity index (χ2n) is 4.69. The molecule has 0 bridgehead atoms. The molecule has 102 valence electrons. The smallest absolute Gasteiger partial charge is 0.0590 e. The van der Waals surface area contributed by atoms with Crippen LogP contribution in [-0.2, 0) is 6.42 Å². The first kappa shape index (κ1) is 14.5. The first-order valence-corrected chi connectivity index (χ1v) is 7.71. The zero-order valence-corrected chi connectivity index (χ0v) is 12.6. The molecule has 2 aromatic rings. The summed E-state index contributed by atoms with van der Waals surface area (Å²) in [5.41, 5.74) is 5.38. The Labute approximate surface area is 123 Å². The number of thiophene rings is 1. The van der Waals surface area contributed by atoms with Crippen LogP contribution in [0.25, 0.3) is 0 Å². The van der Waals surface area contributed by atoms with Crippen LogP contribution in [0, 0.1) is 6.92 Å². The highest BCUT2D eigenvalue weighted by Gasteiger charge is 2.16. The predicted octanol–water partition coefficient (Wildman–Crippen LogP) is 4.24. The van der Waals surface area contributed by atoms with Crippen molar-refractivity contribution >= 4 is 22.9 Å². The number of benzene rings is 1. The molecule has 1 aromatic heterocycles. The van der Waals surface area contributed by atoms with E-state index in [1.165, 1.54) is 5.56 Å². The van der Waals surface area contributed by atoms with Gasteiger partial charge in [0.05, 0.1) is 11.1 Å². The van der Waals surface area contributed by atoms with Crippen LogP contribution in [-0.4, -0.2) is 0 Å². The van der Waals surface area contributed by atoms with Gasteiger partial charge in [0.2, 0.25) is 0 Å². The van der Waals surface area contributed by atoms with Gasteiger partial charge in [-0.15, -0.1) is 11.3 Å². The molecular formula is C15H19ClN2S. The van der Waals surface area contributed by atoms with Crippen molar-refractivity contribution in [3.8, 4) is 0 Å². The molecule has 3 N–H and O–H groups in total. The third kappa shape index (κ3) is 3.80. The third-order valence-corrected chi connectivity index (χ3v) is 5.07. The normalized spacial score (nSPS) is 12.6. The number of rotatable bonds is 6. The van der Waals surface area contributed by atoms with E-state index in [-0.39, 0.29) is 6.04 Å². The molecule has 1 atom stereocenters. The fourth-order valence-corrected chi connectivity index (χ4v) is 3.55. The van der Waals surface area contributed by atoms with E-state index in [4.69, 9.17) is 17.4 Å². The van der Waals surface area contributed by atoms with Gasteiger partial charge in [-0.2, -0.15) is 0 Å². The van der Waals surface area contributed by atoms with Gasteiger partial charge in [0.25, 0.3) is 0 Å². The summed E-state index contributed by atoms with van der Waals surface area (Å²) >= 11 is 7.97. The van der Waals surface area contributed by atoms with E-state index in [9.17, 15) is 0 Å². The molecule has 0 aliphatic carbocycles. The summed E-state index contributed by atoms with van der Waals surface area (Å²) in [5.74, 6) is 5.66. The fraction of sp³-hybridized carbons (Fsp3) is 0.333. The van der Waals surface area contributed by atoms with Crippen molar-refractivity contribution < 1.29 is 0 Å². The molecule has 2 nitrogen and oxygen atoms in total. The van der Waals surface area contributed by atoms with Crippen LogP contribution in [0.2, 0.25) is 5.02 Å². The van der Waals surface area contributed by atoms with E-state index in [2.05, 4.69) is 35.1 Å². The minimum atomic E-state index is 0.148. The third-order valence-electron chi connectivity index (χ3n) is 3.24. The molecule has 0 aliphatic rings. The second kappa shape index (κ2) is 7.06. The highest BCUT2D eigenvalue weighted by atomic mass is 35.5. The van der Waals surface area contributed by atoms with Gasteiger partial charge in [-0.3, -0.25) is 11.3 Å². The Hall–Kier alpha value is -0.870. The maximum atomic E-state index is 6.29. The number of nitrogens with two attached hydrogens (primary N) is 1. The molecule has 0 spiro atoms. The van der Waals surface area contributed by atoms with Crippen LogP contribution >= 0.6 is 22.9 Å².